The molecule has 1 unspecified atom stereocenters. The topological polar surface area (TPSA) is 65.2 Å². The molecule has 1 heterocycles. The highest BCUT2D eigenvalue weighted by Gasteiger charge is 2.22. The molecule has 1 rings (SSSR count). The molecule has 0 saturated carbocycles. The van der Waals surface area contributed by atoms with Crippen molar-refractivity contribution in [2.24, 2.45) is 5.73 Å². The van der Waals surface area contributed by atoms with Crippen LogP contribution in [0.25, 0.3) is 0 Å². The van der Waals surface area contributed by atoms with Gasteiger partial charge in [-0.25, -0.2) is 0 Å². The molecule has 1 atom stereocenters. The van der Waals surface area contributed by atoms with Crippen molar-refractivity contribution in [1.29, 1.82) is 0 Å². The quantitative estimate of drug-likeness (QED) is 0.840. The summed E-state index contributed by atoms with van der Waals surface area (Å²) in [4.78, 5) is 15.7. The molecule has 0 aliphatic rings. The van der Waals surface area contributed by atoms with E-state index in [-0.39, 0.29) is 0 Å². The lowest BCUT2D eigenvalue weighted by Gasteiger charge is -2.22. The van der Waals surface area contributed by atoms with Crippen LogP contribution >= 0.6 is 11.6 Å². The largest absolute Gasteiger partial charge is 0.459 e. The smallest absolute Gasteiger partial charge is 0.323 e. The first-order valence-corrected chi connectivity index (χ1v) is 5.74. The molecule has 0 spiro atoms. The normalized spacial score (nSPS) is 13.2. The van der Waals surface area contributed by atoms with Gasteiger partial charge in [0.2, 0.25) is 0 Å². The minimum absolute atomic E-state index is 0.339. The second-order valence-electron chi connectivity index (χ2n) is 4.81. The first-order valence-electron chi connectivity index (χ1n) is 5.37. The third-order valence-electron chi connectivity index (χ3n) is 1.93. The lowest BCUT2D eigenvalue weighted by Crippen LogP contribution is -2.39. The standard InChI is InChI=1S/C12H17ClN2O2/c1-12(2,3)17-11(16)10(14)6-9-5-4-8(13)7-15-9/h4-5,7,10H,6,14H2,1-3H3. The van der Waals surface area contributed by atoms with E-state index in [0.717, 1.165) is 0 Å². The van der Waals surface area contributed by atoms with Crippen LogP contribution in [0.3, 0.4) is 0 Å². The number of ether oxygens (including phenoxy) is 1. The lowest BCUT2D eigenvalue weighted by molar-refractivity contribution is -0.156. The fraction of sp³-hybridized carbons (Fsp3) is 0.500. The van der Waals surface area contributed by atoms with E-state index < -0.39 is 17.6 Å². The average Bonchev–Trinajstić information content (AvgIpc) is 2.19. The monoisotopic (exact) mass is 256 g/mol. The first kappa shape index (κ1) is 13.9. The number of hydrogen-bond donors (Lipinski definition) is 1. The fourth-order valence-electron chi connectivity index (χ4n) is 1.21. The van der Waals surface area contributed by atoms with Gasteiger partial charge in [0.1, 0.15) is 11.6 Å². The first-order chi connectivity index (χ1) is 7.78. The number of pyridine rings is 1. The Bertz CT molecular complexity index is 384. The maximum atomic E-state index is 11.6. The van der Waals surface area contributed by atoms with Gasteiger partial charge in [-0.15, -0.1) is 0 Å². The summed E-state index contributed by atoms with van der Waals surface area (Å²) in [6, 6.07) is 2.75. The average molecular weight is 257 g/mol. The van der Waals surface area contributed by atoms with Crippen LogP contribution in [0.5, 0.6) is 0 Å². The highest BCUT2D eigenvalue weighted by atomic mass is 35.5. The van der Waals surface area contributed by atoms with Crippen LogP contribution in [0.4, 0.5) is 0 Å². The van der Waals surface area contributed by atoms with E-state index in [1.54, 1.807) is 32.9 Å². The number of carbonyl (C=O) groups is 1. The van der Waals surface area contributed by atoms with Gasteiger partial charge in [0.05, 0.1) is 5.02 Å². The third-order valence-corrected chi connectivity index (χ3v) is 2.15. The summed E-state index contributed by atoms with van der Waals surface area (Å²) in [6.07, 6.45) is 1.87. The molecule has 4 nitrogen and oxygen atoms in total. The Labute approximate surface area is 106 Å². The molecule has 94 valence electrons. The summed E-state index contributed by atoms with van der Waals surface area (Å²) in [5.74, 6) is -0.422. The molecule has 2 N–H and O–H groups in total. The summed E-state index contributed by atoms with van der Waals surface area (Å²) in [7, 11) is 0. The third kappa shape index (κ3) is 5.15. The van der Waals surface area contributed by atoms with E-state index >= 15 is 0 Å². The molecule has 0 aliphatic heterocycles. The zero-order valence-corrected chi connectivity index (χ0v) is 11.0. The van der Waals surface area contributed by atoms with E-state index in [1.165, 1.54) is 6.20 Å². The lowest BCUT2D eigenvalue weighted by atomic mass is 10.1. The predicted molar refractivity (Wildman–Crippen MR) is 66.8 cm³/mol. The predicted octanol–water partition coefficient (Wildman–Crippen LogP) is 1.95. The van der Waals surface area contributed by atoms with E-state index in [2.05, 4.69) is 4.98 Å². The minimum atomic E-state index is -0.706. The Morgan fingerprint density at radius 3 is 2.65 bits per heavy atom. The Hall–Kier alpha value is -1.13. The maximum absolute atomic E-state index is 11.6. The summed E-state index contributed by atoms with van der Waals surface area (Å²) in [6.45, 7) is 5.41. The number of halogens is 1. The number of aromatic nitrogens is 1. The van der Waals surface area contributed by atoms with Crippen LogP contribution in [-0.2, 0) is 16.0 Å². The number of esters is 1. The zero-order chi connectivity index (χ0) is 13.1. The van der Waals surface area contributed by atoms with Crippen LogP contribution in [0.15, 0.2) is 18.3 Å². The minimum Gasteiger partial charge on any atom is -0.459 e. The van der Waals surface area contributed by atoms with Crippen molar-refractivity contribution in [3.05, 3.63) is 29.0 Å². The van der Waals surface area contributed by atoms with Crippen molar-refractivity contribution in [1.82, 2.24) is 4.98 Å². The van der Waals surface area contributed by atoms with E-state index in [0.29, 0.717) is 17.1 Å². The van der Waals surface area contributed by atoms with Crippen LogP contribution in [-0.4, -0.2) is 22.6 Å². The fourth-order valence-corrected chi connectivity index (χ4v) is 1.33. The van der Waals surface area contributed by atoms with E-state index in [9.17, 15) is 4.79 Å². The van der Waals surface area contributed by atoms with Gasteiger partial charge in [0.25, 0.3) is 0 Å². The molecule has 0 amide bonds. The van der Waals surface area contributed by atoms with Crippen LogP contribution in [0.2, 0.25) is 5.02 Å². The Kier molecular flexibility index (Phi) is 4.48. The van der Waals surface area contributed by atoms with E-state index in [4.69, 9.17) is 22.1 Å². The van der Waals surface area contributed by atoms with Gasteiger partial charge in [0, 0.05) is 18.3 Å². The van der Waals surface area contributed by atoms with Crippen molar-refractivity contribution >= 4 is 17.6 Å². The van der Waals surface area contributed by atoms with Crippen molar-refractivity contribution < 1.29 is 9.53 Å². The Morgan fingerprint density at radius 1 is 1.53 bits per heavy atom. The van der Waals surface area contributed by atoms with E-state index in [1.807, 2.05) is 0 Å². The van der Waals surface area contributed by atoms with Crippen molar-refractivity contribution in [2.75, 3.05) is 0 Å². The van der Waals surface area contributed by atoms with Gasteiger partial charge < -0.3 is 10.5 Å². The van der Waals surface area contributed by atoms with Crippen molar-refractivity contribution in [3.63, 3.8) is 0 Å². The van der Waals surface area contributed by atoms with Crippen LogP contribution < -0.4 is 5.73 Å². The number of nitrogens with two attached hydrogens (primary N) is 1. The van der Waals surface area contributed by atoms with Gasteiger partial charge >= 0.3 is 5.97 Å². The molecule has 17 heavy (non-hydrogen) atoms. The number of hydrogen-bond acceptors (Lipinski definition) is 4. The molecular weight excluding hydrogens is 240 g/mol. The Balaban J connectivity index is 2.57. The molecule has 0 radical (unpaired) electrons. The van der Waals surface area contributed by atoms with Gasteiger partial charge in [-0.3, -0.25) is 9.78 Å². The molecule has 0 bridgehead atoms. The summed E-state index contributed by atoms with van der Waals surface area (Å²) >= 11 is 5.71. The number of nitrogens with zero attached hydrogens (tertiary/aromatic N) is 1. The highest BCUT2D eigenvalue weighted by molar-refractivity contribution is 6.30. The molecule has 0 aliphatic carbocycles. The molecule has 0 saturated heterocycles. The molecular formula is C12H17ClN2O2. The van der Waals surface area contributed by atoms with Gasteiger partial charge in [0.15, 0.2) is 0 Å². The molecule has 5 heteroatoms. The molecule has 0 aromatic carbocycles. The SMILES string of the molecule is CC(C)(C)OC(=O)C(N)Cc1ccc(Cl)cn1. The second kappa shape index (κ2) is 5.47. The Morgan fingerprint density at radius 2 is 2.18 bits per heavy atom. The van der Waals surface area contributed by atoms with Crippen molar-refractivity contribution in [2.45, 2.75) is 38.8 Å². The molecule has 0 fully saturated rings. The van der Waals surface area contributed by atoms with Crippen LogP contribution in [0.1, 0.15) is 26.5 Å². The van der Waals surface area contributed by atoms with Gasteiger partial charge in [-0.2, -0.15) is 0 Å². The molecule has 1 aromatic rings. The summed E-state index contributed by atoms with van der Waals surface area (Å²) in [5, 5.41) is 0.555. The van der Waals surface area contributed by atoms with Crippen LogP contribution in [0, 0.1) is 0 Å². The second-order valence-corrected chi connectivity index (χ2v) is 5.25. The number of rotatable bonds is 3. The summed E-state index contributed by atoms with van der Waals surface area (Å²) < 4.78 is 5.18. The molecule has 1 aromatic heterocycles. The number of carbonyl (C=O) groups excluding carboxylic acids is 1. The maximum Gasteiger partial charge on any atom is 0.323 e. The highest BCUT2D eigenvalue weighted by Crippen LogP contribution is 2.11. The summed E-state index contributed by atoms with van der Waals surface area (Å²) in [5.41, 5.74) is 5.94. The van der Waals surface area contributed by atoms with Gasteiger partial charge in [-0.05, 0) is 32.9 Å². The van der Waals surface area contributed by atoms with Crippen molar-refractivity contribution in [3.8, 4) is 0 Å². The van der Waals surface area contributed by atoms with Gasteiger partial charge in [-0.1, -0.05) is 11.6 Å². The zero-order valence-electron chi connectivity index (χ0n) is 10.2.